The Morgan fingerprint density at radius 1 is 1.52 bits per heavy atom. The minimum Gasteiger partial charge on any atom is -0.480 e. The molecule has 128 valence electrons. The summed E-state index contributed by atoms with van der Waals surface area (Å²) in [4.78, 5) is 32.9. The normalized spacial score (nSPS) is 12.3. The molecule has 0 aliphatic heterocycles. The molecule has 0 fully saturated rings. The lowest BCUT2D eigenvalue weighted by atomic mass is 10.2. The molecule has 0 saturated heterocycles. The summed E-state index contributed by atoms with van der Waals surface area (Å²) in [6, 6.07) is -1.45. The number of nitrogens with one attached hydrogen (secondary N) is 1. The molecule has 1 aromatic heterocycles. The molecular weight excluding hydrogens is 312 g/mol. The SMILES string of the molecule is Cn1ncc([N+](=O)[O-])c1OC[C@H](NC(=O)OC(C)(C)C)C(=O)O. The number of carbonyl (C=O) groups excluding carboxylic acids is 1. The second-order valence-corrected chi connectivity index (χ2v) is 5.56. The van der Waals surface area contributed by atoms with Crippen LogP contribution in [0.25, 0.3) is 0 Å². The van der Waals surface area contributed by atoms with Gasteiger partial charge in [-0.1, -0.05) is 0 Å². The van der Waals surface area contributed by atoms with E-state index >= 15 is 0 Å². The van der Waals surface area contributed by atoms with Crippen LogP contribution in [-0.4, -0.2) is 50.1 Å². The maximum atomic E-state index is 11.6. The molecule has 0 aliphatic rings. The first kappa shape index (κ1) is 18.2. The number of hydrogen-bond donors (Lipinski definition) is 2. The molecule has 1 amide bonds. The zero-order valence-electron chi connectivity index (χ0n) is 13.1. The van der Waals surface area contributed by atoms with E-state index in [4.69, 9.17) is 14.6 Å². The van der Waals surface area contributed by atoms with Crippen molar-refractivity contribution in [1.82, 2.24) is 15.1 Å². The summed E-state index contributed by atoms with van der Waals surface area (Å²) in [5, 5.41) is 25.7. The lowest BCUT2D eigenvalue weighted by molar-refractivity contribution is -0.386. The van der Waals surface area contributed by atoms with Crippen molar-refractivity contribution in [3.8, 4) is 5.88 Å². The van der Waals surface area contributed by atoms with E-state index < -0.39 is 40.9 Å². The van der Waals surface area contributed by atoms with Crippen LogP contribution in [0.15, 0.2) is 6.20 Å². The maximum absolute atomic E-state index is 11.6. The highest BCUT2D eigenvalue weighted by molar-refractivity contribution is 5.80. The van der Waals surface area contributed by atoms with Crippen LogP contribution >= 0.6 is 0 Å². The van der Waals surface area contributed by atoms with E-state index in [1.54, 1.807) is 20.8 Å². The summed E-state index contributed by atoms with van der Waals surface area (Å²) >= 11 is 0. The zero-order chi connectivity index (χ0) is 17.8. The Labute approximate surface area is 131 Å². The van der Waals surface area contributed by atoms with Crippen molar-refractivity contribution in [3.05, 3.63) is 16.3 Å². The van der Waals surface area contributed by atoms with E-state index in [0.29, 0.717) is 0 Å². The number of ether oxygens (including phenoxy) is 2. The Hall–Kier alpha value is -2.85. The number of hydrogen-bond acceptors (Lipinski definition) is 7. The molecule has 1 heterocycles. The third kappa shape index (κ3) is 5.45. The van der Waals surface area contributed by atoms with E-state index in [1.165, 1.54) is 7.05 Å². The van der Waals surface area contributed by atoms with E-state index in [0.717, 1.165) is 10.9 Å². The van der Waals surface area contributed by atoms with Crippen LogP contribution in [0.5, 0.6) is 5.88 Å². The Kier molecular flexibility index (Phi) is 5.49. The Bertz CT molecular complexity index is 605. The molecule has 1 rings (SSSR count). The van der Waals surface area contributed by atoms with Crippen LogP contribution in [0.1, 0.15) is 20.8 Å². The number of amides is 1. The smallest absolute Gasteiger partial charge is 0.408 e. The second-order valence-electron chi connectivity index (χ2n) is 5.56. The van der Waals surface area contributed by atoms with Crippen molar-refractivity contribution >= 4 is 17.7 Å². The van der Waals surface area contributed by atoms with Crippen molar-refractivity contribution < 1.29 is 29.1 Å². The molecule has 0 aliphatic carbocycles. The number of nitro groups is 1. The maximum Gasteiger partial charge on any atom is 0.408 e. The predicted octanol–water partition coefficient (Wildman–Crippen LogP) is 0.685. The highest BCUT2D eigenvalue weighted by Gasteiger charge is 2.27. The number of carboxylic acid groups (broad SMARTS) is 1. The van der Waals surface area contributed by atoms with Gasteiger partial charge in [-0.25, -0.2) is 14.3 Å². The number of carboxylic acids is 1. The Balaban J connectivity index is 2.75. The zero-order valence-corrected chi connectivity index (χ0v) is 13.1. The van der Waals surface area contributed by atoms with E-state index in [1.807, 2.05) is 0 Å². The summed E-state index contributed by atoms with van der Waals surface area (Å²) in [5.74, 6) is -1.59. The van der Waals surface area contributed by atoms with Gasteiger partial charge in [-0.15, -0.1) is 0 Å². The van der Waals surface area contributed by atoms with E-state index in [2.05, 4.69) is 10.4 Å². The average molecular weight is 330 g/mol. The van der Waals surface area contributed by atoms with Crippen LogP contribution in [0, 0.1) is 10.1 Å². The molecule has 0 saturated carbocycles. The molecule has 0 aromatic carbocycles. The minimum absolute atomic E-state index is 0.216. The van der Waals surface area contributed by atoms with Crippen LogP contribution in [-0.2, 0) is 16.6 Å². The van der Waals surface area contributed by atoms with Gasteiger partial charge < -0.3 is 19.9 Å². The molecule has 0 spiro atoms. The number of carbonyl (C=O) groups is 2. The molecule has 11 heteroatoms. The number of aliphatic carboxylic acids is 1. The standard InChI is InChI=1S/C12H18N4O7/c1-12(2,3)23-11(19)14-7(10(17)18)6-22-9-8(16(20)21)5-13-15(9)4/h5,7H,6H2,1-4H3,(H,14,19)(H,17,18)/t7-/m0/s1. The van der Waals surface area contributed by atoms with Crippen molar-refractivity contribution in [1.29, 1.82) is 0 Å². The number of alkyl carbamates (subject to hydrolysis) is 1. The third-order valence-electron chi connectivity index (χ3n) is 2.44. The fraction of sp³-hybridized carbons (Fsp3) is 0.583. The van der Waals surface area contributed by atoms with Crippen LogP contribution in [0.4, 0.5) is 10.5 Å². The summed E-state index contributed by atoms with van der Waals surface area (Å²) < 4.78 is 11.2. The fourth-order valence-electron chi connectivity index (χ4n) is 1.49. The number of rotatable bonds is 6. The quantitative estimate of drug-likeness (QED) is 0.572. The first-order valence-corrected chi connectivity index (χ1v) is 6.52. The highest BCUT2D eigenvalue weighted by Crippen LogP contribution is 2.25. The minimum atomic E-state index is -1.45. The van der Waals surface area contributed by atoms with Gasteiger partial charge in [-0.2, -0.15) is 5.10 Å². The lowest BCUT2D eigenvalue weighted by Gasteiger charge is -2.22. The molecule has 23 heavy (non-hydrogen) atoms. The Morgan fingerprint density at radius 2 is 2.13 bits per heavy atom. The van der Waals surface area contributed by atoms with E-state index in [9.17, 15) is 19.7 Å². The van der Waals surface area contributed by atoms with Gasteiger partial charge in [0.25, 0.3) is 5.88 Å². The predicted molar refractivity (Wildman–Crippen MR) is 76.2 cm³/mol. The molecule has 1 atom stereocenters. The van der Waals surface area contributed by atoms with Gasteiger partial charge in [0, 0.05) is 7.05 Å². The van der Waals surface area contributed by atoms with Gasteiger partial charge >= 0.3 is 17.7 Å². The number of aromatic nitrogens is 2. The molecule has 0 radical (unpaired) electrons. The van der Waals surface area contributed by atoms with Crippen LogP contribution in [0.2, 0.25) is 0 Å². The topological polar surface area (TPSA) is 146 Å². The van der Waals surface area contributed by atoms with E-state index in [-0.39, 0.29) is 5.88 Å². The Morgan fingerprint density at radius 3 is 2.61 bits per heavy atom. The van der Waals surface area contributed by atoms with Gasteiger partial charge in [-0.3, -0.25) is 10.1 Å². The third-order valence-corrected chi connectivity index (χ3v) is 2.44. The van der Waals surface area contributed by atoms with Crippen molar-refractivity contribution in [3.63, 3.8) is 0 Å². The first-order valence-electron chi connectivity index (χ1n) is 6.52. The summed E-state index contributed by atoms with van der Waals surface area (Å²) in [7, 11) is 1.40. The van der Waals surface area contributed by atoms with Gasteiger partial charge in [0.2, 0.25) is 0 Å². The lowest BCUT2D eigenvalue weighted by Crippen LogP contribution is -2.46. The molecule has 0 unspecified atom stereocenters. The molecular formula is C12H18N4O7. The molecule has 0 bridgehead atoms. The second kappa shape index (κ2) is 6.94. The number of nitrogens with zero attached hydrogens (tertiary/aromatic N) is 3. The summed E-state index contributed by atoms with van der Waals surface area (Å²) in [6.07, 6.45) is 0.0415. The summed E-state index contributed by atoms with van der Waals surface area (Å²) in [5.41, 5.74) is -1.21. The van der Waals surface area contributed by atoms with Crippen LogP contribution in [0.3, 0.4) is 0 Å². The van der Waals surface area contributed by atoms with Gasteiger partial charge in [0.15, 0.2) is 6.04 Å². The largest absolute Gasteiger partial charge is 0.480 e. The first-order chi connectivity index (χ1) is 10.5. The number of aryl methyl sites for hydroxylation is 1. The molecule has 1 aromatic rings. The van der Waals surface area contributed by atoms with Crippen molar-refractivity contribution in [2.45, 2.75) is 32.4 Å². The highest BCUT2D eigenvalue weighted by atomic mass is 16.6. The average Bonchev–Trinajstić information content (AvgIpc) is 2.73. The monoisotopic (exact) mass is 330 g/mol. The van der Waals surface area contributed by atoms with Crippen molar-refractivity contribution in [2.24, 2.45) is 7.05 Å². The summed E-state index contributed by atoms with van der Waals surface area (Å²) in [6.45, 7) is 4.34. The van der Waals surface area contributed by atoms with Crippen LogP contribution < -0.4 is 10.1 Å². The fourth-order valence-corrected chi connectivity index (χ4v) is 1.49. The van der Waals surface area contributed by atoms with Crippen molar-refractivity contribution in [2.75, 3.05) is 6.61 Å². The molecule has 2 N–H and O–H groups in total. The van der Waals surface area contributed by atoms with Gasteiger partial charge in [0.1, 0.15) is 18.4 Å². The molecule has 11 nitrogen and oxygen atoms in total. The van der Waals surface area contributed by atoms with Gasteiger partial charge in [-0.05, 0) is 20.8 Å². The van der Waals surface area contributed by atoms with Gasteiger partial charge in [0.05, 0.1) is 4.92 Å².